The molecular formula is C120H83BN4O. The highest BCUT2D eigenvalue weighted by Crippen LogP contribution is 2.63. The molecule has 6 heterocycles. The molecule has 0 N–H and O–H groups in total. The van der Waals surface area contributed by atoms with E-state index >= 15 is 0 Å². The molecule has 6 heteroatoms. The smallest absolute Gasteiger partial charge is 0.252 e. The minimum absolute atomic E-state index is 0.344. The highest BCUT2D eigenvalue weighted by molar-refractivity contribution is 7.00. The second-order valence-electron chi connectivity index (χ2n) is 35.3. The molecule has 0 aliphatic carbocycles. The first-order chi connectivity index (χ1) is 62.1. The van der Waals surface area contributed by atoms with E-state index in [0.717, 1.165) is 157 Å². The van der Waals surface area contributed by atoms with Crippen LogP contribution in [-0.2, 0) is 16.2 Å². The number of hydrogen-bond donors (Lipinski definition) is 0. The van der Waals surface area contributed by atoms with Crippen LogP contribution < -0.4 is 36.0 Å². The summed E-state index contributed by atoms with van der Waals surface area (Å²) in [4.78, 5) is 10.6. The van der Waals surface area contributed by atoms with Crippen molar-refractivity contribution in [1.29, 1.82) is 0 Å². The summed E-state index contributed by atoms with van der Waals surface area (Å²) in [6, 6.07) is 170. The minimum atomic E-state index is -0.690. The van der Waals surface area contributed by atoms with Gasteiger partial charge in [-0.3, -0.25) is 0 Å². The zero-order chi connectivity index (χ0) is 83.5. The van der Waals surface area contributed by atoms with Crippen LogP contribution in [0.3, 0.4) is 0 Å². The molecule has 0 unspecified atom stereocenters. The van der Waals surface area contributed by atoms with Crippen molar-refractivity contribution in [2.75, 3.05) is 19.6 Å². The van der Waals surface area contributed by atoms with Crippen molar-refractivity contribution >= 4 is 113 Å². The maximum atomic E-state index is 6.82. The summed E-state index contributed by atoms with van der Waals surface area (Å²) >= 11 is 0. The molecule has 0 saturated heterocycles. The Kier molecular flexibility index (Phi) is 16.5. The predicted octanol–water partition coefficient (Wildman–Crippen LogP) is 29.6. The lowest BCUT2D eigenvalue weighted by atomic mass is 9.33. The summed E-state index contributed by atoms with van der Waals surface area (Å²) in [6.45, 7) is 6.87. The Morgan fingerprint density at radius 3 is 0.889 bits per heavy atom. The fraction of sp³-hybridized carbons (Fsp3) is 0.0500. The summed E-state index contributed by atoms with van der Waals surface area (Å²) in [5.41, 5.74) is 40.6. The molecule has 592 valence electrons. The van der Waals surface area contributed by atoms with Gasteiger partial charge in [0, 0.05) is 67.2 Å². The van der Waals surface area contributed by atoms with Crippen LogP contribution in [0, 0.1) is 0 Å². The van der Waals surface area contributed by atoms with Crippen LogP contribution in [0.2, 0.25) is 0 Å². The molecule has 0 saturated carbocycles. The van der Waals surface area contributed by atoms with E-state index in [1.165, 1.54) is 66.5 Å². The van der Waals surface area contributed by atoms with Crippen LogP contribution in [0.5, 0.6) is 0 Å². The second kappa shape index (κ2) is 28.4. The highest BCUT2D eigenvalue weighted by Gasteiger charge is 2.51. The van der Waals surface area contributed by atoms with Crippen molar-refractivity contribution in [3.63, 3.8) is 0 Å². The predicted molar refractivity (Wildman–Crippen MR) is 526 cm³/mol. The van der Waals surface area contributed by atoms with Crippen LogP contribution in [0.15, 0.2) is 453 Å². The van der Waals surface area contributed by atoms with E-state index < -0.39 is 16.2 Å². The summed E-state index contributed by atoms with van der Waals surface area (Å²) in [5.74, 6) is 0. The number of fused-ring (bicyclic) bond motifs is 24. The highest BCUT2D eigenvalue weighted by atomic mass is 16.3. The van der Waals surface area contributed by atoms with Crippen molar-refractivity contribution in [2.24, 2.45) is 0 Å². The molecule has 5 aliphatic heterocycles. The molecule has 0 amide bonds. The monoisotopic (exact) mass is 1610 g/mol. The van der Waals surface area contributed by atoms with Crippen molar-refractivity contribution in [2.45, 2.75) is 37.0 Å². The third kappa shape index (κ3) is 10.9. The number of furan rings is 1. The first-order valence-electron chi connectivity index (χ1n) is 44.0. The molecular weight excluding hydrogens is 1520 g/mol. The SMILES string of the molecule is CC(C)(C)c1cc2c3c(c1)N1c4cc(N5c6ccccc6C(c6ccccc6)(c6ccccc6)c6ccccc65)ccc4B3c3ccc(N4c5ccccc5C(c5ccccc5)(c5ccccc5)c5ccccc54)cc3N2c2c(-c3ccccc3)cccc2-c2cccc(c2)-c2ccc3oc4ccc(cc4c3c2)-c2cccc(c2)-c2cccc(-c3ccccc3)c21. The van der Waals surface area contributed by atoms with Crippen molar-refractivity contribution in [3.05, 3.63) is 499 Å². The lowest BCUT2D eigenvalue weighted by molar-refractivity contribution is 0.590. The van der Waals surface area contributed by atoms with E-state index in [-0.39, 0.29) is 6.71 Å². The number of nitrogens with zero attached hydrogens (tertiary/aromatic N) is 4. The topological polar surface area (TPSA) is 26.1 Å². The van der Waals surface area contributed by atoms with Crippen LogP contribution in [0.25, 0.3) is 88.7 Å². The lowest BCUT2D eigenvalue weighted by Gasteiger charge is -2.48. The van der Waals surface area contributed by atoms with Crippen LogP contribution in [0.4, 0.5) is 68.2 Å². The molecule has 0 fully saturated rings. The standard InChI is InChI=1S/C120H83BN4O/c1-118(2,3)90-74-111-115-112(75-90)125-110-77-92(123-107-60-28-24-56-101(107)120(88-46-18-8-19-47-88,89-48-20-9-21-49-89)102-57-25-29-61-108(102)123)65-67-104(110)121(115)103-66-64-91(122-105-58-26-22-54-99(105)119(86-42-14-6-15-43-86,87-44-16-7-17-45-87)100-55-23-27-59-106(100)122)76-109(103)124(111)116-93(78-34-10-4-11-35-78)50-32-52-95(116)84-40-30-38-80(70-84)82-62-68-113-97(72-82)98-73-83(63-69-114(98)126-113)81-39-31-41-85(71-81)96-53-33-51-94(117(96)125)79-36-12-5-13-37-79/h4-77H,1-3H3. The van der Waals surface area contributed by atoms with Gasteiger partial charge in [-0.25, -0.2) is 0 Å². The number of para-hydroxylation sites is 6. The van der Waals surface area contributed by atoms with Gasteiger partial charge >= 0.3 is 0 Å². The maximum Gasteiger partial charge on any atom is 0.252 e. The molecule has 5 nitrogen and oxygen atoms in total. The van der Waals surface area contributed by atoms with Gasteiger partial charge in [0.2, 0.25) is 0 Å². The summed E-state index contributed by atoms with van der Waals surface area (Å²) in [5, 5.41) is 2.14. The number of anilines is 12. The Morgan fingerprint density at radius 2 is 0.532 bits per heavy atom. The van der Waals surface area contributed by atoms with Gasteiger partial charge in [0.25, 0.3) is 6.71 Å². The van der Waals surface area contributed by atoms with Crippen molar-refractivity contribution in [1.82, 2.24) is 0 Å². The molecule has 20 aromatic rings. The summed E-state index contributed by atoms with van der Waals surface area (Å²) < 4.78 is 6.82. The first-order valence-corrected chi connectivity index (χ1v) is 44.0. The molecule has 0 atom stereocenters. The Morgan fingerprint density at radius 1 is 0.230 bits per heavy atom. The van der Waals surface area contributed by atoms with Crippen molar-refractivity contribution in [3.8, 4) is 66.8 Å². The zero-order valence-electron chi connectivity index (χ0n) is 70.0. The number of hydrogen-bond acceptors (Lipinski definition) is 5. The molecule has 1 aromatic heterocycles. The molecule has 13 bridgehead atoms. The first kappa shape index (κ1) is 73.0. The fourth-order valence-electron chi connectivity index (χ4n) is 22.1. The van der Waals surface area contributed by atoms with E-state index in [1.54, 1.807) is 0 Å². The lowest BCUT2D eigenvalue weighted by Crippen LogP contribution is -2.61. The van der Waals surface area contributed by atoms with Gasteiger partial charge in [0.1, 0.15) is 11.2 Å². The van der Waals surface area contributed by atoms with Gasteiger partial charge in [-0.05, 0) is 213 Å². The van der Waals surface area contributed by atoms with Gasteiger partial charge in [-0.1, -0.05) is 373 Å². The number of benzene rings is 19. The Bertz CT molecular complexity index is 7160. The zero-order valence-corrected chi connectivity index (χ0v) is 70.0. The average molecular weight is 1610 g/mol. The minimum Gasteiger partial charge on any atom is -0.456 e. The average Bonchev–Trinajstić information content (AvgIpc) is 0.717. The molecule has 0 spiro atoms. The molecule has 25 rings (SSSR count). The van der Waals surface area contributed by atoms with E-state index in [4.69, 9.17) is 4.42 Å². The second-order valence-corrected chi connectivity index (χ2v) is 35.3. The van der Waals surface area contributed by atoms with Crippen molar-refractivity contribution < 1.29 is 4.42 Å². The number of rotatable bonds is 8. The Labute approximate surface area is 735 Å². The molecule has 0 radical (unpaired) electrons. The van der Waals surface area contributed by atoms with Gasteiger partial charge < -0.3 is 24.0 Å². The van der Waals surface area contributed by atoms with Gasteiger partial charge in [0.15, 0.2) is 0 Å². The molecule has 19 aromatic carbocycles. The van der Waals surface area contributed by atoms with Gasteiger partial charge in [-0.2, -0.15) is 0 Å². The van der Waals surface area contributed by atoms with E-state index in [0.29, 0.717) is 0 Å². The van der Waals surface area contributed by atoms with E-state index in [1.807, 2.05) is 0 Å². The maximum absolute atomic E-state index is 6.82. The Hall–Kier alpha value is -15.8. The normalized spacial score (nSPS) is 13.9. The van der Waals surface area contributed by atoms with Crippen LogP contribution >= 0.6 is 0 Å². The Balaban J connectivity index is 0.832. The largest absolute Gasteiger partial charge is 0.456 e. The van der Waals surface area contributed by atoms with Crippen LogP contribution in [0.1, 0.15) is 70.8 Å². The quantitative estimate of drug-likeness (QED) is 0.141. The summed E-state index contributed by atoms with van der Waals surface area (Å²) in [6.07, 6.45) is 0. The third-order valence-corrected chi connectivity index (χ3v) is 27.6. The van der Waals surface area contributed by atoms with E-state index in [2.05, 4.69) is 489 Å². The van der Waals surface area contributed by atoms with Crippen LogP contribution in [-0.4, -0.2) is 6.71 Å². The fourth-order valence-corrected chi connectivity index (χ4v) is 22.1. The van der Waals surface area contributed by atoms with E-state index in [9.17, 15) is 0 Å². The molecule has 126 heavy (non-hydrogen) atoms. The third-order valence-electron chi connectivity index (χ3n) is 27.6. The summed E-state index contributed by atoms with van der Waals surface area (Å²) in [7, 11) is 0. The molecule has 5 aliphatic rings. The van der Waals surface area contributed by atoms with Gasteiger partial charge in [-0.15, -0.1) is 0 Å². The van der Waals surface area contributed by atoms with Gasteiger partial charge in [0.05, 0.1) is 45.0 Å².